The summed E-state index contributed by atoms with van der Waals surface area (Å²) in [6.07, 6.45) is 3.74. The Labute approximate surface area is 113 Å². The molecule has 1 heterocycles. The summed E-state index contributed by atoms with van der Waals surface area (Å²) in [5, 5.41) is 3.35. The average Bonchev–Trinajstić information content (AvgIpc) is 2.47. The summed E-state index contributed by atoms with van der Waals surface area (Å²) >= 11 is 0. The van der Waals surface area contributed by atoms with Gasteiger partial charge in [0.05, 0.1) is 0 Å². The molecule has 1 saturated heterocycles. The molecule has 0 aromatic heterocycles. The molecule has 4 heteroatoms. The molecule has 1 aromatic rings. The lowest BCUT2D eigenvalue weighted by Crippen LogP contribution is -2.41. The summed E-state index contributed by atoms with van der Waals surface area (Å²) < 4.78 is 4.81. The van der Waals surface area contributed by atoms with Crippen molar-refractivity contribution in [3.8, 4) is 0 Å². The van der Waals surface area contributed by atoms with Crippen LogP contribution in [0, 0.1) is 0 Å². The Bertz CT molecular complexity index is 437. The van der Waals surface area contributed by atoms with Gasteiger partial charge in [0.25, 0.3) is 5.91 Å². The third-order valence-corrected chi connectivity index (χ3v) is 3.57. The number of aliphatic imine (C=N–C) groups is 1. The van der Waals surface area contributed by atoms with Gasteiger partial charge in [-0.3, -0.25) is 4.79 Å². The van der Waals surface area contributed by atoms with Crippen molar-refractivity contribution in [2.75, 3.05) is 26.8 Å². The summed E-state index contributed by atoms with van der Waals surface area (Å²) in [6.45, 7) is 1.93. The molecule has 4 nitrogen and oxygen atoms in total. The standard InChI is InChI=1S/C15H20N2O2/c1-19-11-14(18)17-12-15(7-9-16-10-8-15)13-5-3-2-4-6-13/h2-6,12,16H,7-11H2,1H3. The topological polar surface area (TPSA) is 50.7 Å². The molecule has 0 spiro atoms. The Kier molecular flexibility index (Phi) is 4.82. The molecule has 0 aliphatic carbocycles. The fourth-order valence-corrected chi connectivity index (χ4v) is 2.49. The van der Waals surface area contributed by atoms with Crippen LogP contribution in [0.1, 0.15) is 18.4 Å². The maximum atomic E-state index is 11.5. The predicted molar refractivity (Wildman–Crippen MR) is 75.6 cm³/mol. The summed E-state index contributed by atoms with van der Waals surface area (Å²) in [5.41, 5.74) is 1.10. The van der Waals surface area contributed by atoms with Crippen molar-refractivity contribution in [1.82, 2.24) is 5.32 Å². The Morgan fingerprint density at radius 3 is 2.68 bits per heavy atom. The molecule has 102 valence electrons. The summed E-state index contributed by atoms with van der Waals surface area (Å²) in [6, 6.07) is 10.3. The molecule has 1 aromatic carbocycles. The SMILES string of the molecule is COCC(=O)N=CC1(c2ccccc2)CCNCC1. The van der Waals surface area contributed by atoms with Crippen LogP contribution in [0.25, 0.3) is 0 Å². The highest BCUT2D eigenvalue weighted by atomic mass is 16.5. The van der Waals surface area contributed by atoms with Gasteiger partial charge in [0.2, 0.25) is 0 Å². The van der Waals surface area contributed by atoms with Crippen LogP contribution in [0.3, 0.4) is 0 Å². The van der Waals surface area contributed by atoms with Crippen molar-refractivity contribution in [3.05, 3.63) is 35.9 Å². The molecule has 0 radical (unpaired) electrons. The number of ether oxygens (including phenoxy) is 1. The largest absolute Gasteiger partial charge is 0.375 e. The minimum Gasteiger partial charge on any atom is -0.375 e. The van der Waals surface area contributed by atoms with E-state index in [2.05, 4.69) is 22.4 Å². The Morgan fingerprint density at radius 1 is 1.37 bits per heavy atom. The molecule has 0 saturated carbocycles. The number of rotatable bonds is 4. The Balaban J connectivity index is 2.23. The average molecular weight is 260 g/mol. The van der Waals surface area contributed by atoms with Gasteiger partial charge in [-0.1, -0.05) is 30.3 Å². The number of benzene rings is 1. The van der Waals surface area contributed by atoms with E-state index in [-0.39, 0.29) is 17.9 Å². The zero-order chi connectivity index (χ0) is 13.6. The Morgan fingerprint density at radius 2 is 2.05 bits per heavy atom. The summed E-state index contributed by atoms with van der Waals surface area (Å²) in [5.74, 6) is -0.226. The third-order valence-electron chi connectivity index (χ3n) is 3.57. The lowest BCUT2D eigenvalue weighted by Gasteiger charge is -2.34. The molecule has 1 fully saturated rings. The van der Waals surface area contributed by atoms with E-state index in [1.54, 1.807) is 0 Å². The fourth-order valence-electron chi connectivity index (χ4n) is 2.49. The molecule has 1 N–H and O–H groups in total. The molecule has 2 rings (SSSR count). The fraction of sp³-hybridized carbons (Fsp3) is 0.467. The number of carbonyl (C=O) groups is 1. The zero-order valence-corrected chi connectivity index (χ0v) is 11.3. The lowest BCUT2D eigenvalue weighted by molar-refractivity contribution is -0.121. The number of amides is 1. The molecule has 1 aliphatic rings. The number of nitrogens with zero attached hydrogens (tertiary/aromatic N) is 1. The van der Waals surface area contributed by atoms with Gasteiger partial charge < -0.3 is 10.1 Å². The van der Waals surface area contributed by atoms with Crippen LogP contribution in [0.15, 0.2) is 35.3 Å². The van der Waals surface area contributed by atoms with Gasteiger partial charge >= 0.3 is 0 Å². The van der Waals surface area contributed by atoms with Crippen molar-refractivity contribution in [1.29, 1.82) is 0 Å². The quantitative estimate of drug-likeness (QED) is 0.836. The molecule has 0 bridgehead atoms. The van der Waals surface area contributed by atoms with Gasteiger partial charge in [-0.2, -0.15) is 0 Å². The first-order valence-electron chi connectivity index (χ1n) is 6.60. The normalized spacial score (nSPS) is 18.6. The first-order chi connectivity index (χ1) is 9.27. The highest BCUT2D eigenvalue weighted by molar-refractivity contribution is 5.89. The van der Waals surface area contributed by atoms with Crippen LogP contribution in [-0.4, -0.2) is 38.9 Å². The van der Waals surface area contributed by atoms with E-state index in [1.165, 1.54) is 12.7 Å². The smallest absolute Gasteiger partial charge is 0.271 e. The van der Waals surface area contributed by atoms with E-state index in [1.807, 2.05) is 24.4 Å². The predicted octanol–water partition coefficient (Wildman–Crippen LogP) is 1.55. The van der Waals surface area contributed by atoms with Crippen molar-refractivity contribution in [2.45, 2.75) is 18.3 Å². The van der Waals surface area contributed by atoms with Gasteiger partial charge in [0.1, 0.15) is 6.61 Å². The van der Waals surface area contributed by atoms with E-state index in [4.69, 9.17) is 4.74 Å². The van der Waals surface area contributed by atoms with Gasteiger partial charge in [0.15, 0.2) is 0 Å². The van der Waals surface area contributed by atoms with Crippen LogP contribution in [0.5, 0.6) is 0 Å². The van der Waals surface area contributed by atoms with E-state index in [0.717, 1.165) is 25.9 Å². The van der Waals surface area contributed by atoms with E-state index >= 15 is 0 Å². The second-order valence-electron chi connectivity index (χ2n) is 4.86. The number of hydrogen-bond acceptors (Lipinski definition) is 3. The second kappa shape index (κ2) is 6.59. The lowest BCUT2D eigenvalue weighted by atomic mass is 9.74. The molecular weight excluding hydrogens is 240 g/mol. The van der Waals surface area contributed by atoms with Gasteiger partial charge in [0, 0.05) is 18.7 Å². The van der Waals surface area contributed by atoms with Crippen LogP contribution >= 0.6 is 0 Å². The monoisotopic (exact) mass is 260 g/mol. The van der Waals surface area contributed by atoms with Crippen LogP contribution in [0.2, 0.25) is 0 Å². The van der Waals surface area contributed by atoms with Gasteiger partial charge in [-0.05, 0) is 31.5 Å². The van der Waals surface area contributed by atoms with E-state index < -0.39 is 0 Å². The van der Waals surface area contributed by atoms with Crippen molar-refractivity contribution >= 4 is 12.1 Å². The molecule has 19 heavy (non-hydrogen) atoms. The van der Waals surface area contributed by atoms with Crippen molar-refractivity contribution in [3.63, 3.8) is 0 Å². The number of methoxy groups -OCH3 is 1. The van der Waals surface area contributed by atoms with Crippen LogP contribution in [-0.2, 0) is 14.9 Å². The highest BCUT2D eigenvalue weighted by Gasteiger charge is 2.32. The summed E-state index contributed by atoms with van der Waals surface area (Å²) in [7, 11) is 1.50. The maximum absolute atomic E-state index is 11.5. The highest BCUT2D eigenvalue weighted by Crippen LogP contribution is 2.31. The molecule has 0 unspecified atom stereocenters. The third kappa shape index (κ3) is 3.49. The molecule has 0 atom stereocenters. The van der Waals surface area contributed by atoms with E-state index in [9.17, 15) is 4.79 Å². The number of carbonyl (C=O) groups excluding carboxylic acids is 1. The number of hydrogen-bond donors (Lipinski definition) is 1. The minimum absolute atomic E-state index is 0.0413. The van der Waals surface area contributed by atoms with Crippen molar-refractivity contribution < 1.29 is 9.53 Å². The first-order valence-corrected chi connectivity index (χ1v) is 6.60. The number of nitrogens with one attached hydrogen (secondary N) is 1. The zero-order valence-electron chi connectivity index (χ0n) is 11.3. The first kappa shape index (κ1) is 13.9. The molecular formula is C15H20N2O2. The second-order valence-corrected chi connectivity index (χ2v) is 4.86. The number of piperidine rings is 1. The van der Waals surface area contributed by atoms with Crippen LogP contribution < -0.4 is 5.32 Å². The van der Waals surface area contributed by atoms with Gasteiger partial charge in [-0.25, -0.2) is 4.99 Å². The summed E-state index contributed by atoms with van der Waals surface area (Å²) in [4.78, 5) is 15.6. The minimum atomic E-state index is -0.226. The van der Waals surface area contributed by atoms with Gasteiger partial charge in [-0.15, -0.1) is 0 Å². The molecule has 1 aliphatic heterocycles. The van der Waals surface area contributed by atoms with Crippen molar-refractivity contribution in [2.24, 2.45) is 4.99 Å². The molecule has 1 amide bonds. The van der Waals surface area contributed by atoms with E-state index in [0.29, 0.717) is 0 Å². The maximum Gasteiger partial charge on any atom is 0.271 e. The Hall–Kier alpha value is -1.52. The van der Waals surface area contributed by atoms with Crippen LogP contribution in [0.4, 0.5) is 0 Å².